The number of hydrogen-bond acceptors (Lipinski definition) is 3. The molecule has 0 aliphatic carbocycles. The summed E-state index contributed by atoms with van der Waals surface area (Å²) in [5.74, 6) is 0. The van der Waals surface area contributed by atoms with Gasteiger partial charge in [-0.2, -0.15) is 0 Å². The molecular weight excluding hydrogens is 254 g/mol. The molecule has 0 spiro atoms. The third-order valence-electron chi connectivity index (χ3n) is 3.17. The Hall–Kier alpha value is -1.19. The van der Waals surface area contributed by atoms with E-state index in [0.717, 1.165) is 27.4 Å². The van der Waals surface area contributed by atoms with E-state index in [1.807, 2.05) is 31.4 Å². The number of benzene rings is 1. The van der Waals surface area contributed by atoms with Gasteiger partial charge in [0.1, 0.15) is 6.10 Å². The summed E-state index contributed by atoms with van der Waals surface area (Å²) in [6.45, 7) is 10.5. The van der Waals surface area contributed by atoms with Crippen molar-refractivity contribution in [2.75, 3.05) is 0 Å². The number of aliphatic hydroxyl groups is 1. The summed E-state index contributed by atoms with van der Waals surface area (Å²) < 4.78 is 0. The summed E-state index contributed by atoms with van der Waals surface area (Å²) in [6.07, 6.45) is -0.632. The molecule has 0 saturated heterocycles. The molecule has 19 heavy (non-hydrogen) atoms. The Bertz CT molecular complexity index is 581. The van der Waals surface area contributed by atoms with E-state index in [1.54, 1.807) is 11.3 Å². The maximum atomic E-state index is 10.5. The van der Waals surface area contributed by atoms with Crippen LogP contribution < -0.4 is 0 Å². The van der Waals surface area contributed by atoms with Crippen LogP contribution in [0.4, 0.5) is 0 Å². The molecule has 0 bridgehead atoms. The molecule has 1 N–H and O–H groups in total. The lowest BCUT2D eigenvalue weighted by Gasteiger charge is -2.15. The van der Waals surface area contributed by atoms with Gasteiger partial charge < -0.3 is 5.11 Å². The largest absolute Gasteiger partial charge is 0.382 e. The third kappa shape index (κ3) is 3.04. The standard InChI is InChI=1S/C16H21NOS/c1-10-6-7-11(2)12(8-10)14(18)13-9-19-15(17-13)16(3,4)5/h6-9,14,18H,1-5H3. The number of rotatable bonds is 2. The lowest BCUT2D eigenvalue weighted by molar-refractivity contribution is 0.215. The summed E-state index contributed by atoms with van der Waals surface area (Å²) >= 11 is 1.62. The lowest BCUT2D eigenvalue weighted by atomic mass is 9.97. The van der Waals surface area contributed by atoms with Crippen LogP contribution in [-0.4, -0.2) is 10.1 Å². The van der Waals surface area contributed by atoms with Crippen LogP contribution in [-0.2, 0) is 5.41 Å². The molecule has 1 unspecified atom stereocenters. The van der Waals surface area contributed by atoms with Crippen molar-refractivity contribution >= 4 is 11.3 Å². The zero-order chi connectivity index (χ0) is 14.2. The highest BCUT2D eigenvalue weighted by Gasteiger charge is 2.22. The van der Waals surface area contributed by atoms with E-state index in [0.29, 0.717) is 0 Å². The first-order chi connectivity index (χ1) is 8.79. The SMILES string of the molecule is Cc1ccc(C)c(C(O)c2csc(C(C)(C)C)n2)c1. The van der Waals surface area contributed by atoms with Gasteiger partial charge in [0.25, 0.3) is 0 Å². The first-order valence-corrected chi connectivity index (χ1v) is 7.38. The van der Waals surface area contributed by atoms with Crippen molar-refractivity contribution in [1.29, 1.82) is 0 Å². The Kier molecular flexibility index (Phi) is 3.79. The molecule has 0 amide bonds. The van der Waals surface area contributed by atoms with Crippen molar-refractivity contribution in [2.45, 2.75) is 46.1 Å². The van der Waals surface area contributed by atoms with Gasteiger partial charge in [-0.3, -0.25) is 0 Å². The van der Waals surface area contributed by atoms with Crippen molar-refractivity contribution in [2.24, 2.45) is 0 Å². The first kappa shape index (κ1) is 14.2. The number of nitrogens with zero attached hydrogens (tertiary/aromatic N) is 1. The molecule has 1 aromatic heterocycles. The fourth-order valence-electron chi connectivity index (χ4n) is 1.97. The second kappa shape index (κ2) is 5.06. The van der Waals surface area contributed by atoms with Crippen LogP contribution in [0.15, 0.2) is 23.6 Å². The number of aryl methyl sites for hydroxylation is 2. The van der Waals surface area contributed by atoms with Crippen LogP contribution in [0.3, 0.4) is 0 Å². The zero-order valence-electron chi connectivity index (χ0n) is 12.2. The monoisotopic (exact) mass is 275 g/mol. The summed E-state index contributed by atoms with van der Waals surface area (Å²) in [5.41, 5.74) is 3.99. The number of hydrogen-bond donors (Lipinski definition) is 1. The molecule has 1 heterocycles. The predicted octanol–water partition coefficient (Wildman–Crippen LogP) is 4.14. The molecule has 0 saturated carbocycles. The molecule has 3 heteroatoms. The lowest BCUT2D eigenvalue weighted by Crippen LogP contribution is -2.11. The van der Waals surface area contributed by atoms with Gasteiger partial charge in [0, 0.05) is 10.8 Å². The average molecular weight is 275 g/mol. The fourth-order valence-corrected chi connectivity index (χ4v) is 2.90. The zero-order valence-corrected chi connectivity index (χ0v) is 13.0. The molecule has 0 aliphatic heterocycles. The normalized spacial score (nSPS) is 13.6. The summed E-state index contributed by atoms with van der Waals surface area (Å²) in [5, 5.41) is 13.5. The van der Waals surface area contributed by atoms with Crippen LogP contribution in [0, 0.1) is 13.8 Å². The number of aliphatic hydroxyl groups excluding tert-OH is 1. The molecule has 102 valence electrons. The van der Waals surface area contributed by atoms with Gasteiger partial charge in [-0.25, -0.2) is 4.98 Å². The summed E-state index contributed by atoms with van der Waals surface area (Å²) in [6, 6.07) is 6.15. The molecular formula is C16H21NOS. The molecule has 2 aromatic rings. The van der Waals surface area contributed by atoms with Crippen molar-refractivity contribution < 1.29 is 5.11 Å². The highest BCUT2D eigenvalue weighted by atomic mass is 32.1. The third-order valence-corrected chi connectivity index (χ3v) is 4.46. The van der Waals surface area contributed by atoms with E-state index < -0.39 is 6.10 Å². The Morgan fingerprint density at radius 3 is 2.47 bits per heavy atom. The van der Waals surface area contributed by atoms with Crippen molar-refractivity contribution in [3.05, 3.63) is 51.0 Å². The second-order valence-corrected chi connectivity index (χ2v) is 6.95. The highest BCUT2D eigenvalue weighted by molar-refractivity contribution is 7.09. The van der Waals surface area contributed by atoms with Gasteiger partial charge in [0.05, 0.1) is 10.7 Å². The predicted molar refractivity (Wildman–Crippen MR) is 80.8 cm³/mol. The molecule has 1 atom stereocenters. The van der Waals surface area contributed by atoms with Crippen LogP contribution in [0.25, 0.3) is 0 Å². The second-order valence-electron chi connectivity index (χ2n) is 6.09. The van der Waals surface area contributed by atoms with Crippen LogP contribution >= 0.6 is 11.3 Å². The molecule has 2 rings (SSSR count). The van der Waals surface area contributed by atoms with Gasteiger partial charge in [-0.1, -0.05) is 44.5 Å². The smallest absolute Gasteiger partial charge is 0.122 e. The Labute approximate surface area is 119 Å². The van der Waals surface area contributed by atoms with E-state index in [-0.39, 0.29) is 5.41 Å². The van der Waals surface area contributed by atoms with Crippen molar-refractivity contribution in [3.8, 4) is 0 Å². The maximum absolute atomic E-state index is 10.5. The van der Waals surface area contributed by atoms with E-state index in [4.69, 9.17) is 0 Å². The molecule has 0 fully saturated rings. The maximum Gasteiger partial charge on any atom is 0.122 e. The van der Waals surface area contributed by atoms with Gasteiger partial charge in [-0.15, -0.1) is 11.3 Å². The molecule has 1 aromatic carbocycles. The van der Waals surface area contributed by atoms with E-state index in [1.165, 1.54) is 0 Å². The summed E-state index contributed by atoms with van der Waals surface area (Å²) in [7, 11) is 0. The highest BCUT2D eigenvalue weighted by Crippen LogP contribution is 2.31. The quantitative estimate of drug-likeness (QED) is 0.893. The van der Waals surface area contributed by atoms with Crippen molar-refractivity contribution in [3.63, 3.8) is 0 Å². The minimum absolute atomic E-state index is 0.0320. The first-order valence-electron chi connectivity index (χ1n) is 6.50. The fraction of sp³-hybridized carbons (Fsp3) is 0.438. The topological polar surface area (TPSA) is 33.1 Å². The Morgan fingerprint density at radius 2 is 1.89 bits per heavy atom. The van der Waals surface area contributed by atoms with Gasteiger partial charge in [0.2, 0.25) is 0 Å². The van der Waals surface area contributed by atoms with E-state index in [2.05, 4.69) is 31.8 Å². The van der Waals surface area contributed by atoms with Crippen LogP contribution in [0.5, 0.6) is 0 Å². The molecule has 0 radical (unpaired) electrons. The number of aromatic nitrogens is 1. The minimum Gasteiger partial charge on any atom is -0.382 e. The Balaban J connectivity index is 2.36. The molecule has 2 nitrogen and oxygen atoms in total. The van der Waals surface area contributed by atoms with Crippen molar-refractivity contribution in [1.82, 2.24) is 4.98 Å². The van der Waals surface area contributed by atoms with Gasteiger partial charge in [-0.05, 0) is 25.0 Å². The van der Waals surface area contributed by atoms with Crippen LogP contribution in [0.1, 0.15) is 54.3 Å². The Morgan fingerprint density at radius 1 is 1.21 bits per heavy atom. The van der Waals surface area contributed by atoms with Crippen LogP contribution in [0.2, 0.25) is 0 Å². The average Bonchev–Trinajstić information content (AvgIpc) is 2.80. The number of thiazole rings is 1. The molecule has 0 aliphatic rings. The van der Waals surface area contributed by atoms with Gasteiger partial charge >= 0.3 is 0 Å². The van der Waals surface area contributed by atoms with E-state index in [9.17, 15) is 5.11 Å². The minimum atomic E-state index is -0.632. The summed E-state index contributed by atoms with van der Waals surface area (Å²) in [4.78, 5) is 4.60. The van der Waals surface area contributed by atoms with Gasteiger partial charge in [0.15, 0.2) is 0 Å². The van der Waals surface area contributed by atoms with E-state index >= 15 is 0 Å².